The first-order valence-corrected chi connectivity index (χ1v) is 11.6. The number of carboxylic acid groups (broad SMARTS) is 1. The van der Waals surface area contributed by atoms with Gasteiger partial charge in [0.25, 0.3) is 0 Å². The fourth-order valence-corrected chi connectivity index (χ4v) is 5.10. The van der Waals surface area contributed by atoms with Crippen LogP contribution in [0.25, 0.3) is 10.2 Å². The number of hydrogen-bond acceptors (Lipinski definition) is 6. The number of aliphatic carboxylic acids is 1. The summed E-state index contributed by atoms with van der Waals surface area (Å²) in [7, 11) is 0. The van der Waals surface area contributed by atoms with Gasteiger partial charge in [0, 0.05) is 17.5 Å². The third kappa shape index (κ3) is 5.55. The Morgan fingerprint density at radius 3 is 2.84 bits per heavy atom. The number of ether oxygens (including phenoxy) is 1. The zero-order valence-electron chi connectivity index (χ0n) is 17.2. The topological polar surface area (TPSA) is 81.0 Å². The van der Waals surface area contributed by atoms with Gasteiger partial charge < -0.3 is 14.7 Å². The summed E-state index contributed by atoms with van der Waals surface area (Å²) in [6.07, 6.45) is 5.63. The number of hydrogen-bond donors (Lipinski definition) is 1. The maximum atomic E-state index is 13.4. The zero-order valence-corrected chi connectivity index (χ0v) is 18.7. The number of aromatic nitrogens is 1. The SMILES string of the molecule is O=C(O)/C=N/OC(c1ccc(OCc2nc3cc(F)ccc3s2)cc1Cl)C1CCCCC1. The van der Waals surface area contributed by atoms with Crippen LogP contribution in [0.15, 0.2) is 41.6 Å². The van der Waals surface area contributed by atoms with Crippen molar-refractivity contribution >= 4 is 45.3 Å². The standard InChI is InChI=1S/C23H22ClFN2O4S/c24-18-11-16(30-13-21-27-19-10-15(25)6-9-20(19)32-21)7-8-17(18)23(31-26-12-22(28)29)14-4-2-1-3-5-14/h6-12,14,23H,1-5,13H2,(H,28,29)/b26-12+. The molecule has 1 unspecified atom stereocenters. The Bertz CT molecular complexity index is 1130. The van der Waals surface area contributed by atoms with Crippen LogP contribution in [0.4, 0.5) is 4.39 Å². The lowest BCUT2D eigenvalue weighted by molar-refractivity contribution is -0.129. The van der Waals surface area contributed by atoms with Crippen molar-refractivity contribution in [1.29, 1.82) is 0 Å². The van der Waals surface area contributed by atoms with E-state index in [1.54, 1.807) is 18.2 Å². The molecule has 1 fully saturated rings. The molecule has 0 radical (unpaired) electrons. The molecule has 1 heterocycles. The third-order valence-electron chi connectivity index (χ3n) is 5.45. The van der Waals surface area contributed by atoms with Crippen LogP contribution in [0, 0.1) is 11.7 Å². The Labute approximate surface area is 193 Å². The van der Waals surface area contributed by atoms with Crippen molar-refractivity contribution in [2.45, 2.75) is 44.8 Å². The number of nitrogens with zero attached hydrogens (tertiary/aromatic N) is 2. The van der Waals surface area contributed by atoms with Gasteiger partial charge in [-0.05, 0) is 37.1 Å². The van der Waals surface area contributed by atoms with E-state index >= 15 is 0 Å². The second kappa shape index (κ2) is 10.3. The fourth-order valence-electron chi connectivity index (χ4n) is 3.96. The number of carboxylic acids is 1. The summed E-state index contributed by atoms with van der Waals surface area (Å²) in [6.45, 7) is 0.238. The summed E-state index contributed by atoms with van der Waals surface area (Å²) < 4.78 is 20.1. The monoisotopic (exact) mass is 476 g/mol. The molecule has 1 N–H and O–H groups in total. The van der Waals surface area contributed by atoms with Crippen molar-refractivity contribution in [3.8, 4) is 5.75 Å². The van der Waals surface area contributed by atoms with E-state index in [1.807, 2.05) is 6.07 Å². The van der Waals surface area contributed by atoms with Crippen molar-refractivity contribution in [1.82, 2.24) is 4.98 Å². The van der Waals surface area contributed by atoms with E-state index in [1.165, 1.54) is 29.9 Å². The molecule has 1 atom stereocenters. The molecule has 0 bridgehead atoms. The number of fused-ring (bicyclic) bond motifs is 1. The Morgan fingerprint density at radius 1 is 1.28 bits per heavy atom. The highest BCUT2D eigenvalue weighted by Gasteiger charge is 2.29. The summed E-state index contributed by atoms with van der Waals surface area (Å²) in [6, 6.07) is 9.86. The maximum absolute atomic E-state index is 13.4. The largest absolute Gasteiger partial charge is 0.486 e. The number of rotatable bonds is 8. The van der Waals surface area contributed by atoms with E-state index in [4.69, 9.17) is 26.3 Å². The number of thiazole rings is 1. The van der Waals surface area contributed by atoms with Gasteiger partial charge in [-0.2, -0.15) is 0 Å². The minimum absolute atomic E-state index is 0.210. The highest BCUT2D eigenvalue weighted by atomic mass is 35.5. The third-order valence-corrected chi connectivity index (χ3v) is 6.79. The molecule has 1 aliphatic carbocycles. The van der Waals surface area contributed by atoms with Gasteiger partial charge in [-0.3, -0.25) is 0 Å². The Hall–Kier alpha value is -2.71. The van der Waals surface area contributed by atoms with E-state index < -0.39 is 12.1 Å². The van der Waals surface area contributed by atoms with Crippen LogP contribution in [-0.4, -0.2) is 22.3 Å². The van der Waals surface area contributed by atoms with Crippen molar-refractivity contribution in [3.63, 3.8) is 0 Å². The van der Waals surface area contributed by atoms with Crippen LogP contribution in [-0.2, 0) is 16.2 Å². The molecule has 1 aliphatic rings. The summed E-state index contributed by atoms with van der Waals surface area (Å²) in [5.41, 5.74) is 1.36. The van der Waals surface area contributed by atoms with Gasteiger partial charge in [-0.25, -0.2) is 14.2 Å². The smallest absolute Gasteiger partial charge is 0.350 e. The van der Waals surface area contributed by atoms with Crippen LogP contribution >= 0.6 is 22.9 Å². The van der Waals surface area contributed by atoms with Crippen molar-refractivity contribution in [3.05, 3.63) is 57.8 Å². The Morgan fingerprint density at radius 2 is 2.09 bits per heavy atom. The molecular weight excluding hydrogens is 455 g/mol. The lowest BCUT2D eigenvalue weighted by Gasteiger charge is -2.29. The quantitative estimate of drug-likeness (QED) is 0.301. The first kappa shape index (κ1) is 22.5. The van der Waals surface area contributed by atoms with E-state index in [0.717, 1.165) is 47.2 Å². The summed E-state index contributed by atoms with van der Waals surface area (Å²) in [5, 5.41) is 13.7. The molecule has 0 aliphatic heterocycles. The molecule has 3 aromatic rings. The summed E-state index contributed by atoms with van der Waals surface area (Å²) in [5.74, 6) is -0.706. The first-order valence-electron chi connectivity index (χ1n) is 10.4. The average Bonchev–Trinajstić information content (AvgIpc) is 3.18. The molecule has 1 aromatic heterocycles. The van der Waals surface area contributed by atoms with Gasteiger partial charge in [-0.15, -0.1) is 11.3 Å². The Kier molecular flexibility index (Phi) is 7.22. The highest BCUT2D eigenvalue weighted by Crippen LogP contribution is 2.40. The first-order chi connectivity index (χ1) is 15.5. The van der Waals surface area contributed by atoms with E-state index in [2.05, 4.69) is 10.1 Å². The van der Waals surface area contributed by atoms with Crippen LogP contribution in [0.5, 0.6) is 5.75 Å². The predicted octanol–water partition coefficient (Wildman–Crippen LogP) is 6.38. The fraction of sp³-hybridized carbons (Fsp3) is 0.348. The van der Waals surface area contributed by atoms with E-state index in [-0.39, 0.29) is 18.3 Å². The van der Waals surface area contributed by atoms with Crippen LogP contribution < -0.4 is 4.74 Å². The zero-order chi connectivity index (χ0) is 22.5. The highest BCUT2D eigenvalue weighted by molar-refractivity contribution is 7.18. The normalized spacial score (nSPS) is 15.8. The second-order valence-electron chi connectivity index (χ2n) is 7.69. The van der Waals surface area contributed by atoms with E-state index in [9.17, 15) is 9.18 Å². The van der Waals surface area contributed by atoms with Gasteiger partial charge in [0.1, 0.15) is 23.2 Å². The molecular formula is C23H22ClFN2O4S. The van der Waals surface area contributed by atoms with Gasteiger partial charge in [-0.1, -0.05) is 42.1 Å². The van der Waals surface area contributed by atoms with Crippen LogP contribution in [0.2, 0.25) is 5.02 Å². The number of carbonyl (C=O) groups is 1. The predicted molar refractivity (Wildman–Crippen MR) is 122 cm³/mol. The lowest BCUT2D eigenvalue weighted by Crippen LogP contribution is -2.18. The molecule has 0 spiro atoms. The van der Waals surface area contributed by atoms with Crippen molar-refractivity contribution < 1.29 is 23.9 Å². The van der Waals surface area contributed by atoms with Gasteiger partial charge in [0.15, 0.2) is 12.3 Å². The van der Waals surface area contributed by atoms with Gasteiger partial charge >= 0.3 is 5.97 Å². The lowest BCUT2D eigenvalue weighted by atomic mass is 9.82. The van der Waals surface area contributed by atoms with E-state index in [0.29, 0.717) is 16.3 Å². The minimum atomic E-state index is -1.17. The number of oxime groups is 1. The molecule has 2 aromatic carbocycles. The van der Waals surface area contributed by atoms with Crippen LogP contribution in [0.1, 0.15) is 48.8 Å². The molecule has 0 saturated heterocycles. The number of benzene rings is 2. The average molecular weight is 477 g/mol. The Balaban J connectivity index is 1.48. The van der Waals surface area contributed by atoms with Crippen LogP contribution in [0.3, 0.4) is 0 Å². The van der Waals surface area contributed by atoms with Crippen molar-refractivity contribution in [2.24, 2.45) is 11.1 Å². The molecule has 6 nitrogen and oxygen atoms in total. The summed E-state index contributed by atoms with van der Waals surface area (Å²) in [4.78, 5) is 20.8. The van der Waals surface area contributed by atoms with Gasteiger partial charge in [0.2, 0.25) is 0 Å². The molecule has 32 heavy (non-hydrogen) atoms. The molecule has 1 saturated carbocycles. The maximum Gasteiger partial charge on any atom is 0.350 e. The molecule has 0 amide bonds. The molecule has 9 heteroatoms. The molecule has 168 valence electrons. The number of halogens is 2. The summed E-state index contributed by atoms with van der Waals surface area (Å²) >= 11 is 8.01. The van der Waals surface area contributed by atoms with Crippen molar-refractivity contribution in [2.75, 3.05) is 0 Å². The minimum Gasteiger partial charge on any atom is -0.486 e. The van der Waals surface area contributed by atoms with Gasteiger partial charge in [0.05, 0.1) is 15.2 Å². The second-order valence-corrected chi connectivity index (χ2v) is 9.21. The molecule has 4 rings (SSSR count).